The average Bonchev–Trinajstić information content (AvgIpc) is 3.31. The monoisotopic (exact) mass is 489 g/mol. The van der Waals surface area contributed by atoms with Gasteiger partial charge in [-0.05, 0) is 53.1 Å². The number of nitrogens with zero attached hydrogens (tertiary/aromatic N) is 3. The number of para-hydroxylation sites is 2. The van der Waals surface area contributed by atoms with E-state index >= 15 is 0 Å². The third-order valence-corrected chi connectivity index (χ3v) is 7.06. The van der Waals surface area contributed by atoms with Crippen molar-refractivity contribution in [3.63, 3.8) is 0 Å². The Labute approximate surface area is 217 Å². The first-order valence-corrected chi connectivity index (χ1v) is 12.7. The van der Waals surface area contributed by atoms with Gasteiger partial charge < -0.3 is 4.90 Å². The van der Waals surface area contributed by atoms with Gasteiger partial charge in [-0.15, -0.1) is 0 Å². The summed E-state index contributed by atoms with van der Waals surface area (Å²) in [7, 11) is 0. The zero-order chi connectivity index (χ0) is 24.9. The molecule has 1 atom stereocenters. The normalized spacial score (nSPS) is 14.9. The van der Waals surface area contributed by atoms with Gasteiger partial charge in [0.1, 0.15) is 5.82 Å². The molecule has 0 radical (unpaired) electrons. The molecule has 1 aliphatic rings. The molecule has 0 unspecified atom stereocenters. The Hall–Kier alpha value is -3.82. The number of rotatable bonds is 3. The minimum Gasteiger partial charge on any atom is -0.314 e. The molecule has 0 aliphatic carbocycles. The fourth-order valence-corrected chi connectivity index (χ4v) is 5.34. The largest absolute Gasteiger partial charge is 0.314 e. The summed E-state index contributed by atoms with van der Waals surface area (Å²) < 4.78 is 2.13. The van der Waals surface area contributed by atoms with E-state index in [4.69, 9.17) is 16.7 Å². The number of hydrogen-bond donors (Lipinski definition) is 0. The predicted molar refractivity (Wildman–Crippen MR) is 150 cm³/mol. The molecule has 0 saturated carbocycles. The van der Waals surface area contributed by atoms with Gasteiger partial charge >= 0.3 is 0 Å². The van der Waals surface area contributed by atoms with Crippen LogP contribution >= 0.6 is 11.6 Å². The molecule has 4 aromatic carbocycles. The summed E-state index contributed by atoms with van der Waals surface area (Å²) >= 11 is 6.32. The van der Waals surface area contributed by atoms with Crippen LogP contribution in [0.5, 0.6) is 0 Å². The highest BCUT2D eigenvalue weighted by Gasteiger charge is 2.40. The Kier molecular flexibility index (Phi) is 5.46. The number of aromatic nitrogens is 2. The minimum atomic E-state index is -0.146. The van der Waals surface area contributed by atoms with E-state index in [1.54, 1.807) is 0 Å². The molecule has 0 N–H and O–H groups in total. The summed E-state index contributed by atoms with van der Waals surface area (Å²) in [6.07, 6.45) is 0. The lowest BCUT2D eigenvalue weighted by Gasteiger charge is -2.40. The highest BCUT2D eigenvalue weighted by molar-refractivity contribution is 6.30. The fraction of sp³-hybridized carbons (Fsp3) is 0.156. The summed E-state index contributed by atoms with van der Waals surface area (Å²) in [6, 6.07) is 38.0. The van der Waals surface area contributed by atoms with Gasteiger partial charge in [0.25, 0.3) is 0 Å². The van der Waals surface area contributed by atoms with E-state index in [9.17, 15) is 0 Å². The molecule has 36 heavy (non-hydrogen) atoms. The molecule has 178 valence electrons. The fourth-order valence-electron chi connectivity index (χ4n) is 5.21. The number of halogens is 1. The van der Waals surface area contributed by atoms with Crippen molar-refractivity contribution in [3.05, 3.63) is 131 Å². The highest BCUT2D eigenvalue weighted by atomic mass is 35.5. The standard InChI is InChI=1S/C32H28ClN3/c1-32(2,3)30-28-26-16-10-11-17-27(26)29(22-18-20-23(33)21-19-22)35(24-12-6-4-7-13-24)31(28)36(34-30)25-14-8-5-9-15-25/h4-21,29H,1-3H3/t29-/m0/s1. The SMILES string of the molecule is CC(C)(C)c1nn(-c2ccccc2)c2c1-c1ccccc1[C@H](c1ccc(Cl)cc1)N2c1ccccc1. The zero-order valence-electron chi connectivity index (χ0n) is 20.7. The molecule has 2 heterocycles. The third kappa shape index (κ3) is 3.71. The Morgan fingerprint density at radius 3 is 1.92 bits per heavy atom. The molecule has 0 amide bonds. The minimum absolute atomic E-state index is 0.0413. The van der Waals surface area contributed by atoms with E-state index in [-0.39, 0.29) is 11.5 Å². The first-order chi connectivity index (χ1) is 17.4. The highest BCUT2D eigenvalue weighted by Crippen LogP contribution is 2.54. The molecule has 5 aromatic rings. The topological polar surface area (TPSA) is 21.1 Å². The molecule has 0 bridgehead atoms. The van der Waals surface area contributed by atoms with Crippen molar-refractivity contribution >= 4 is 23.1 Å². The van der Waals surface area contributed by atoms with Gasteiger partial charge in [-0.3, -0.25) is 0 Å². The van der Waals surface area contributed by atoms with Crippen molar-refractivity contribution < 1.29 is 0 Å². The molecular weight excluding hydrogens is 462 g/mol. The zero-order valence-corrected chi connectivity index (χ0v) is 21.4. The van der Waals surface area contributed by atoms with E-state index < -0.39 is 0 Å². The average molecular weight is 490 g/mol. The molecule has 1 aliphatic heterocycles. The smallest absolute Gasteiger partial charge is 0.145 e. The Balaban J connectivity index is 1.75. The summed E-state index contributed by atoms with van der Waals surface area (Å²) in [5, 5.41) is 6.04. The molecule has 0 saturated heterocycles. The molecule has 6 rings (SSSR count). The second-order valence-corrected chi connectivity index (χ2v) is 10.7. The Bertz CT molecular complexity index is 1510. The lowest BCUT2D eigenvalue weighted by Crippen LogP contribution is -2.30. The second-order valence-electron chi connectivity index (χ2n) is 10.3. The quantitative estimate of drug-likeness (QED) is 0.252. The van der Waals surface area contributed by atoms with Crippen LogP contribution in [-0.2, 0) is 5.41 Å². The van der Waals surface area contributed by atoms with Crippen LogP contribution in [0.3, 0.4) is 0 Å². The lowest BCUT2D eigenvalue weighted by atomic mass is 9.81. The van der Waals surface area contributed by atoms with Crippen molar-refractivity contribution in [2.45, 2.75) is 32.2 Å². The van der Waals surface area contributed by atoms with Crippen LogP contribution in [0.15, 0.2) is 109 Å². The van der Waals surface area contributed by atoms with Crippen molar-refractivity contribution in [2.75, 3.05) is 4.90 Å². The molecule has 0 spiro atoms. The first kappa shape index (κ1) is 22.6. The summed E-state index contributed by atoms with van der Waals surface area (Å²) in [5.41, 5.74) is 7.96. The second kappa shape index (κ2) is 8.69. The number of hydrogen-bond acceptors (Lipinski definition) is 2. The van der Waals surface area contributed by atoms with Crippen molar-refractivity contribution in [1.82, 2.24) is 9.78 Å². The number of fused-ring (bicyclic) bond motifs is 3. The van der Waals surface area contributed by atoms with Crippen LogP contribution in [0.25, 0.3) is 16.8 Å². The van der Waals surface area contributed by atoms with Crippen molar-refractivity contribution in [3.8, 4) is 16.8 Å². The van der Waals surface area contributed by atoms with Crippen LogP contribution in [0.1, 0.15) is 43.6 Å². The predicted octanol–water partition coefficient (Wildman–Crippen LogP) is 8.73. The molecule has 0 fully saturated rings. The first-order valence-electron chi connectivity index (χ1n) is 12.3. The van der Waals surface area contributed by atoms with Gasteiger partial charge in [-0.1, -0.05) is 105 Å². The number of benzene rings is 4. The van der Waals surface area contributed by atoms with Crippen LogP contribution in [0, 0.1) is 0 Å². The molecule has 3 nitrogen and oxygen atoms in total. The molecule has 1 aromatic heterocycles. The van der Waals surface area contributed by atoms with Gasteiger partial charge in [0.15, 0.2) is 0 Å². The van der Waals surface area contributed by atoms with E-state index in [0.29, 0.717) is 0 Å². The van der Waals surface area contributed by atoms with Gasteiger partial charge in [0.05, 0.1) is 17.4 Å². The van der Waals surface area contributed by atoms with Gasteiger partial charge in [-0.25, -0.2) is 4.68 Å². The van der Waals surface area contributed by atoms with Crippen LogP contribution < -0.4 is 4.90 Å². The van der Waals surface area contributed by atoms with E-state index in [0.717, 1.165) is 27.9 Å². The van der Waals surface area contributed by atoms with Gasteiger partial charge in [0.2, 0.25) is 0 Å². The van der Waals surface area contributed by atoms with E-state index in [1.807, 2.05) is 18.2 Å². The maximum Gasteiger partial charge on any atom is 0.145 e. The van der Waals surface area contributed by atoms with Crippen molar-refractivity contribution in [1.29, 1.82) is 0 Å². The van der Waals surface area contributed by atoms with Gasteiger partial charge in [0, 0.05) is 21.7 Å². The number of anilines is 2. The van der Waals surface area contributed by atoms with Crippen LogP contribution in [-0.4, -0.2) is 9.78 Å². The Morgan fingerprint density at radius 2 is 1.28 bits per heavy atom. The Morgan fingerprint density at radius 1 is 0.694 bits per heavy atom. The summed E-state index contributed by atoms with van der Waals surface area (Å²) in [5.74, 6) is 1.08. The maximum absolute atomic E-state index is 6.32. The summed E-state index contributed by atoms with van der Waals surface area (Å²) in [6.45, 7) is 6.73. The van der Waals surface area contributed by atoms with E-state index in [1.165, 1.54) is 22.3 Å². The van der Waals surface area contributed by atoms with Crippen molar-refractivity contribution in [2.24, 2.45) is 0 Å². The molecular formula is C32H28ClN3. The van der Waals surface area contributed by atoms with E-state index in [2.05, 4.69) is 121 Å². The molecule has 4 heteroatoms. The third-order valence-electron chi connectivity index (χ3n) is 6.80. The van der Waals surface area contributed by atoms with Gasteiger partial charge in [-0.2, -0.15) is 5.10 Å². The van der Waals surface area contributed by atoms with Crippen LogP contribution in [0.2, 0.25) is 5.02 Å². The lowest BCUT2D eigenvalue weighted by molar-refractivity contribution is 0.562. The summed E-state index contributed by atoms with van der Waals surface area (Å²) in [4.78, 5) is 2.44. The van der Waals surface area contributed by atoms with Crippen LogP contribution in [0.4, 0.5) is 11.5 Å². The maximum atomic E-state index is 6.32.